The van der Waals surface area contributed by atoms with Crippen LogP contribution in [0.3, 0.4) is 0 Å². The van der Waals surface area contributed by atoms with Crippen LogP contribution in [0.5, 0.6) is 0 Å². The van der Waals surface area contributed by atoms with Crippen LogP contribution >= 0.6 is 0 Å². The van der Waals surface area contributed by atoms with Gasteiger partial charge in [-0.15, -0.1) is 0 Å². The fourth-order valence-corrected chi connectivity index (χ4v) is 5.73. The Bertz CT molecular complexity index is 1930. The van der Waals surface area contributed by atoms with Gasteiger partial charge in [-0.2, -0.15) is 0 Å². The zero-order valence-electron chi connectivity index (χ0n) is 22.5. The van der Waals surface area contributed by atoms with Crippen LogP contribution in [0.25, 0.3) is 43.8 Å². The summed E-state index contributed by atoms with van der Waals surface area (Å²) in [4.78, 5) is 2.40. The molecule has 0 saturated heterocycles. The van der Waals surface area contributed by atoms with Gasteiger partial charge in [-0.25, -0.2) is 0 Å². The Hall–Kier alpha value is -5.14. The van der Waals surface area contributed by atoms with E-state index in [2.05, 4.69) is 170 Å². The summed E-state index contributed by atoms with van der Waals surface area (Å²) in [5.74, 6) is 0. The Morgan fingerprint density at radius 1 is 0.400 bits per heavy atom. The molecule has 0 N–H and O–H groups in total. The molecule has 190 valence electrons. The van der Waals surface area contributed by atoms with Crippen molar-refractivity contribution in [3.05, 3.63) is 163 Å². The third kappa shape index (κ3) is 4.32. The average molecular weight is 512 g/mol. The smallest absolute Gasteiger partial charge is 0.0546 e. The van der Waals surface area contributed by atoms with E-state index in [4.69, 9.17) is 0 Å². The van der Waals surface area contributed by atoms with E-state index >= 15 is 0 Å². The number of fused-ring (bicyclic) bond motifs is 2. The van der Waals surface area contributed by atoms with Gasteiger partial charge in [0.05, 0.1) is 5.69 Å². The first-order valence-corrected chi connectivity index (χ1v) is 13.8. The van der Waals surface area contributed by atoms with Crippen molar-refractivity contribution in [1.29, 1.82) is 0 Å². The van der Waals surface area contributed by atoms with Crippen molar-refractivity contribution in [2.24, 2.45) is 0 Å². The molecule has 0 bridgehead atoms. The van der Waals surface area contributed by atoms with Crippen LogP contribution in [0, 0.1) is 6.92 Å². The van der Waals surface area contributed by atoms with Crippen molar-refractivity contribution >= 4 is 38.6 Å². The van der Waals surface area contributed by atoms with Gasteiger partial charge >= 0.3 is 0 Å². The summed E-state index contributed by atoms with van der Waals surface area (Å²) in [5.41, 5.74) is 9.57. The van der Waals surface area contributed by atoms with Gasteiger partial charge < -0.3 is 4.90 Å². The minimum absolute atomic E-state index is 1.13. The van der Waals surface area contributed by atoms with E-state index in [1.54, 1.807) is 0 Å². The highest BCUT2D eigenvalue weighted by atomic mass is 15.1. The number of nitrogens with zero attached hydrogens (tertiary/aromatic N) is 1. The predicted octanol–water partition coefficient (Wildman–Crippen LogP) is 11.1. The zero-order valence-corrected chi connectivity index (χ0v) is 22.5. The molecule has 7 rings (SSSR count). The Balaban J connectivity index is 1.50. The summed E-state index contributed by atoms with van der Waals surface area (Å²) in [5, 5.41) is 4.98. The number of benzene rings is 7. The molecule has 0 aliphatic rings. The third-order valence-electron chi connectivity index (χ3n) is 7.73. The molecule has 0 fully saturated rings. The fraction of sp³-hybridized carbons (Fsp3) is 0.0256. The van der Waals surface area contributed by atoms with Crippen LogP contribution in [-0.4, -0.2) is 0 Å². The maximum atomic E-state index is 2.40. The molecule has 7 aromatic rings. The lowest BCUT2D eigenvalue weighted by atomic mass is 9.91. The lowest BCUT2D eigenvalue weighted by molar-refractivity contribution is 1.28. The number of anilines is 3. The van der Waals surface area contributed by atoms with Crippen LogP contribution in [-0.2, 0) is 0 Å². The topological polar surface area (TPSA) is 3.24 Å². The van der Waals surface area contributed by atoms with E-state index in [-0.39, 0.29) is 0 Å². The van der Waals surface area contributed by atoms with Gasteiger partial charge in [-0.05, 0) is 75.5 Å². The van der Waals surface area contributed by atoms with Crippen LogP contribution in [0.1, 0.15) is 5.56 Å². The fourth-order valence-electron chi connectivity index (χ4n) is 5.73. The quantitative estimate of drug-likeness (QED) is 0.222. The molecule has 0 saturated carbocycles. The standard InChI is InChI=1S/C39H29N/c1-28-18-23-33(24-19-28)40(34-25-20-30(21-26-34)29-10-3-2-4-11-29)38-27-22-32-13-6-8-16-36(32)39(38)37-17-9-14-31-12-5-7-15-35(31)37/h2-27H,1H3. The maximum Gasteiger partial charge on any atom is 0.0546 e. The van der Waals surface area contributed by atoms with Gasteiger partial charge in [-0.3, -0.25) is 0 Å². The van der Waals surface area contributed by atoms with E-state index in [9.17, 15) is 0 Å². The lowest BCUT2D eigenvalue weighted by Crippen LogP contribution is -2.11. The maximum absolute atomic E-state index is 2.40. The molecule has 40 heavy (non-hydrogen) atoms. The number of hydrogen-bond donors (Lipinski definition) is 0. The first-order valence-electron chi connectivity index (χ1n) is 13.8. The van der Waals surface area contributed by atoms with Gasteiger partial charge in [0.1, 0.15) is 0 Å². The molecule has 0 spiro atoms. The average Bonchev–Trinajstić information content (AvgIpc) is 3.02. The molecule has 0 atom stereocenters. The van der Waals surface area contributed by atoms with Crippen molar-refractivity contribution in [2.45, 2.75) is 6.92 Å². The summed E-state index contributed by atoms with van der Waals surface area (Å²) in [7, 11) is 0. The Morgan fingerprint density at radius 2 is 0.950 bits per heavy atom. The molecule has 0 aliphatic carbocycles. The first-order chi connectivity index (χ1) is 19.8. The molecule has 0 heterocycles. The Morgan fingerprint density at radius 3 is 1.68 bits per heavy atom. The van der Waals surface area contributed by atoms with Crippen LogP contribution in [0.2, 0.25) is 0 Å². The second-order valence-electron chi connectivity index (χ2n) is 10.3. The molecular formula is C39H29N. The van der Waals surface area contributed by atoms with Gasteiger partial charge in [-0.1, -0.05) is 133 Å². The summed E-state index contributed by atoms with van der Waals surface area (Å²) in [6, 6.07) is 56.9. The highest BCUT2D eigenvalue weighted by Crippen LogP contribution is 2.46. The third-order valence-corrected chi connectivity index (χ3v) is 7.73. The highest BCUT2D eigenvalue weighted by molar-refractivity contribution is 6.11. The van der Waals surface area contributed by atoms with Gasteiger partial charge in [0.2, 0.25) is 0 Å². The largest absolute Gasteiger partial charge is 0.310 e. The summed E-state index contributed by atoms with van der Waals surface area (Å²) >= 11 is 0. The minimum Gasteiger partial charge on any atom is -0.310 e. The van der Waals surface area contributed by atoms with E-state index < -0.39 is 0 Å². The highest BCUT2D eigenvalue weighted by Gasteiger charge is 2.20. The van der Waals surface area contributed by atoms with E-state index in [0.717, 1.165) is 17.1 Å². The second-order valence-corrected chi connectivity index (χ2v) is 10.3. The zero-order chi connectivity index (χ0) is 26.9. The lowest BCUT2D eigenvalue weighted by Gasteiger charge is -2.29. The summed E-state index contributed by atoms with van der Waals surface area (Å²) in [6.07, 6.45) is 0. The molecular weight excluding hydrogens is 482 g/mol. The van der Waals surface area contributed by atoms with E-state index in [1.807, 2.05) is 0 Å². The van der Waals surface area contributed by atoms with Gasteiger partial charge in [0.25, 0.3) is 0 Å². The van der Waals surface area contributed by atoms with Crippen molar-refractivity contribution in [3.63, 3.8) is 0 Å². The molecule has 0 radical (unpaired) electrons. The summed E-state index contributed by atoms with van der Waals surface area (Å²) in [6.45, 7) is 2.14. The summed E-state index contributed by atoms with van der Waals surface area (Å²) < 4.78 is 0. The molecule has 0 aliphatic heterocycles. The molecule has 0 unspecified atom stereocenters. The number of hydrogen-bond acceptors (Lipinski definition) is 1. The first kappa shape index (κ1) is 23.9. The van der Waals surface area contributed by atoms with Gasteiger partial charge in [0.15, 0.2) is 0 Å². The van der Waals surface area contributed by atoms with Crippen LogP contribution in [0.15, 0.2) is 158 Å². The van der Waals surface area contributed by atoms with Crippen LogP contribution in [0.4, 0.5) is 17.1 Å². The van der Waals surface area contributed by atoms with Crippen LogP contribution < -0.4 is 4.90 Å². The molecule has 1 nitrogen and oxygen atoms in total. The second kappa shape index (κ2) is 10.2. The molecule has 7 aromatic carbocycles. The van der Waals surface area contributed by atoms with E-state index in [0.29, 0.717) is 0 Å². The van der Waals surface area contributed by atoms with Crippen molar-refractivity contribution < 1.29 is 0 Å². The minimum atomic E-state index is 1.13. The molecule has 0 amide bonds. The Kier molecular flexibility index (Phi) is 6.11. The Labute approximate surface area is 235 Å². The van der Waals surface area contributed by atoms with Crippen molar-refractivity contribution in [1.82, 2.24) is 0 Å². The van der Waals surface area contributed by atoms with Crippen molar-refractivity contribution in [3.8, 4) is 22.3 Å². The predicted molar refractivity (Wildman–Crippen MR) is 172 cm³/mol. The number of aryl methyl sites for hydroxylation is 1. The SMILES string of the molecule is Cc1ccc(N(c2ccc(-c3ccccc3)cc2)c2ccc3ccccc3c2-c2cccc3ccccc23)cc1. The molecule has 0 aromatic heterocycles. The van der Waals surface area contributed by atoms with E-state index in [1.165, 1.54) is 49.4 Å². The normalized spacial score (nSPS) is 11.1. The van der Waals surface area contributed by atoms with Crippen molar-refractivity contribution in [2.75, 3.05) is 4.90 Å². The van der Waals surface area contributed by atoms with Gasteiger partial charge in [0, 0.05) is 16.9 Å². The molecule has 1 heteroatoms. The monoisotopic (exact) mass is 511 g/mol. The number of rotatable bonds is 5.